The Kier molecular flexibility index (Phi) is 1.33. The number of nitrogens with zero attached hydrogens (tertiary/aromatic N) is 2. The number of hydrogen-bond donors (Lipinski definition) is 1. The van der Waals surface area contributed by atoms with Crippen LogP contribution in [-0.2, 0) is 0 Å². The van der Waals surface area contributed by atoms with Gasteiger partial charge in [0.1, 0.15) is 0 Å². The van der Waals surface area contributed by atoms with Crippen molar-refractivity contribution in [2.75, 3.05) is 0 Å². The van der Waals surface area contributed by atoms with Crippen molar-refractivity contribution < 1.29 is 0 Å². The van der Waals surface area contributed by atoms with Gasteiger partial charge in [-0.05, 0) is 28.7 Å². The average molecular weight is 245 g/mol. The van der Waals surface area contributed by atoms with Gasteiger partial charge in [-0.1, -0.05) is 0 Å². The average Bonchev–Trinajstić information content (AvgIpc) is 2.34. The molecule has 3 nitrogen and oxygen atoms in total. The number of rotatable bonds is 0. The first-order valence-electron chi connectivity index (χ1n) is 2.82. The van der Waals surface area contributed by atoms with Gasteiger partial charge in [0.15, 0.2) is 5.65 Å². The molecule has 0 atom stereocenters. The van der Waals surface area contributed by atoms with E-state index in [1.165, 1.54) is 3.57 Å². The third-order valence-electron chi connectivity index (χ3n) is 1.31. The Morgan fingerprint density at radius 1 is 1.50 bits per heavy atom. The summed E-state index contributed by atoms with van der Waals surface area (Å²) < 4.78 is 1.18. The van der Waals surface area contributed by atoms with Gasteiger partial charge >= 0.3 is 0 Å². The van der Waals surface area contributed by atoms with E-state index < -0.39 is 0 Å². The van der Waals surface area contributed by atoms with Crippen molar-refractivity contribution in [1.82, 2.24) is 15.2 Å². The molecule has 0 saturated carbocycles. The third kappa shape index (κ3) is 0.792. The summed E-state index contributed by atoms with van der Waals surface area (Å²) in [6.45, 7) is 0. The van der Waals surface area contributed by atoms with Crippen LogP contribution in [0.2, 0.25) is 0 Å². The topological polar surface area (TPSA) is 41.6 Å². The zero-order valence-electron chi connectivity index (χ0n) is 5.00. The largest absolute Gasteiger partial charge is 0.344 e. The van der Waals surface area contributed by atoms with Crippen molar-refractivity contribution in [3.05, 3.63) is 22.0 Å². The SMILES string of the molecule is Ic1c[nH]c2nnccc12. The maximum Gasteiger partial charge on any atom is 0.161 e. The summed E-state index contributed by atoms with van der Waals surface area (Å²) in [5, 5.41) is 8.77. The summed E-state index contributed by atoms with van der Waals surface area (Å²) >= 11 is 2.25. The molecule has 10 heavy (non-hydrogen) atoms. The Morgan fingerprint density at radius 2 is 2.40 bits per heavy atom. The van der Waals surface area contributed by atoms with E-state index in [-0.39, 0.29) is 0 Å². The summed E-state index contributed by atoms with van der Waals surface area (Å²) in [5.74, 6) is 0. The number of nitrogens with one attached hydrogen (secondary N) is 1. The summed E-state index contributed by atoms with van der Waals surface area (Å²) in [7, 11) is 0. The van der Waals surface area contributed by atoms with Gasteiger partial charge in [-0.2, -0.15) is 5.10 Å². The van der Waals surface area contributed by atoms with E-state index in [0.29, 0.717) is 0 Å². The summed E-state index contributed by atoms with van der Waals surface area (Å²) in [6, 6.07) is 1.95. The monoisotopic (exact) mass is 245 g/mol. The first-order chi connectivity index (χ1) is 4.88. The highest BCUT2D eigenvalue weighted by atomic mass is 127. The number of H-pyrrole nitrogens is 1. The fraction of sp³-hybridized carbons (Fsp3) is 0. The van der Waals surface area contributed by atoms with E-state index in [0.717, 1.165) is 11.0 Å². The molecule has 2 aromatic rings. The van der Waals surface area contributed by atoms with E-state index in [4.69, 9.17) is 0 Å². The summed E-state index contributed by atoms with van der Waals surface area (Å²) in [5.41, 5.74) is 0.854. The highest BCUT2D eigenvalue weighted by Gasteiger charge is 1.98. The quantitative estimate of drug-likeness (QED) is 0.715. The van der Waals surface area contributed by atoms with Crippen molar-refractivity contribution in [2.45, 2.75) is 0 Å². The lowest BCUT2D eigenvalue weighted by Gasteiger charge is -1.83. The fourth-order valence-electron chi connectivity index (χ4n) is 0.841. The number of aromatic amines is 1. The zero-order valence-corrected chi connectivity index (χ0v) is 7.16. The predicted molar refractivity (Wildman–Crippen MR) is 46.6 cm³/mol. The molecule has 2 heterocycles. The molecule has 0 aliphatic carbocycles. The normalized spacial score (nSPS) is 10.5. The summed E-state index contributed by atoms with van der Waals surface area (Å²) in [6.07, 6.45) is 3.61. The van der Waals surface area contributed by atoms with Crippen molar-refractivity contribution in [3.8, 4) is 0 Å². The zero-order chi connectivity index (χ0) is 6.97. The van der Waals surface area contributed by atoms with Crippen LogP contribution in [0, 0.1) is 3.57 Å². The highest BCUT2D eigenvalue weighted by Crippen LogP contribution is 2.15. The molecule has 0 amide bonds. The van der Waals surface area contributed by atoms with Crippen molar-refractivity contribution in [2.24, 2.45) is 0 Å². The smallest absolute Gasteiger partial charge is 0.161 e. The van der Waals surface area contributed by atoms with Gasteiger partial charge in [-0.3, -0.25) is 0 Å². The van der Waals surface area contributed by atoms with E-state index >= 15 is 0 Å². The van der Waals surface area contributed by atoms with Gasteiger partial charge in [0, 0.05) is 15.2 Å². The number of aromatic nitrogens is 3. The first kappa shape index (κ1) is 6.09. The fourth-order valence-corrected chi connectivity index (χ4v) is 1.43. The van der Waals surface area contributed by atoms with Gasteiger partial charge in [-0.25, -0.2) is 0 Å². The molecule has 0 unspecified atom stereocenters. The lowest BCUT2D eigenvalue weighted by Crippen LogP contribution is -1.78. The molecule has 1 N–H and O–H groups in total. The first-order valence-corrected chi connectivity index (χ1v) is 3.90. The Morgan fingerprint density at radius 3 is 3.20 bits per heavy atom. The highest BCUT2D eigenvalue weighted by molar-refractivity contribution is 14.1. The molecule has 50 valence electrons. The Hall–Kier alpha value is -0.650. The van der Waals surface area contributed by atoms with Gasteiger partial charge in [-0.15, -0.1) is 5.10 Å². The molecule has 4 heteroatoms. The molecule has 0 bridgehead atoms. The molecule has 0 aromatic carbocycles. The Balaban J connectivity index is 2.93. The van der Waals surface area contributed by atoms with E-state index in [1.807, 2.05) is 12.3 Å². The lowest BCUT2D eigenvalue weighted by atomic mass is 10.4. The molecule has 0 saturated heterocycles. The van der Waals surface area contributed by atoms with E-state index in [2.05, 4.69) is 37.8 Å². The molecular formula is C6H4IN3. The number of hydrogen-bond acceptors (Lipinski definition) is 2. The second-order valence-electron chi connectivity index (χ2n) is 1.93. The second kappa shape index (κ2) is 2.19. The van der Waals surface area contributed by atoms with Crippen molar-refractivity contribution in [1.29, 1.82) is 0 Å². The van der Waals surface area contributed by atoms with Gasteiger partial charge in [0.2, 0.25) is 0 Å². The lowest BCUT2D eigenvalue weighted by molar-refractivity contribution is 1.06. The van der Waals surface area contributed by atoms with Crippen LogP contribution < -0.4 is 0 Å². The van der Waals surface area contributed by atoms with Crippen molar-refractivity contribution >= 4 is 33.6 Å². The maximum absolute atomic E-state index is 3.89. The van der Waals surface area contributed by atoms with Crippen LogP contribution in [0.25, 0.3) is 11.0 Å². The van der Waals surface area contributed by atoms with Crippen LogP contribution in [0.1, 0.15) is 0 Å². The van der Waals surface area contributed by atoms with Gasteiger partial charge in [0.25, 0.3) is 0 Å². The van der Waals surface area contributed by atoms with Gasteiger partial charge in [0.05, 0.1) is 6.20 Å². The molecule has 0 spiro atoms. The van der Waals surface area contributed by atoms with Crippen LogP contribution in [-0.4, -0.2) is 15.2 Å². The number of fused-ring (bicyclic) bond motifs is 1. The molecule has 0 fully saturated rings. The van der Waals surface area contributed by atoms with Crippen LogP contribution in [0.4, 0.5) is 0 Å². The summed E-state index contributed by atoms with van der Waals surface area (Å²) in [4.78, 5) is 3.01. The third-order valence-corrected chi connectivity index (χ3v) is 2.21. The molecule has 2 rings (SSSR count). The van der Waals surface area contributed by atoms with Crippen molar-refractivity contribution in [3.63, 3.8) is 0 Å². The minimum Gasteiger partial charge on any atom is -0.344 e. The van der Waals surface area contributed by atoms with E-state index in [1.54, 1.807) is 6.20 Å². The Bertz CT molecular complexity index is 355. The molecule has 2 aromatic heterocycles. The van der Waals surface area contributed by atoms with Crippen LogP contribution in [0.3, 0.4) is 0 Å². The van der Waals surface area contributed by atoms with Crippen LogP contribution in [0.5, 0.6) is 0 Å². The minimum atomic E-state index is 0.854. The van der Waals surface area contributed by atoms with E-state index in [9.17, 15) is 0 Å². The standard InChI is InChI=1S/C6H4IN3/c7-5-3-8-6-4(5)1-2-9-10-6/h1-3H,(H,8,10). The molecule has 0 aliphatic heterocycles. The van der Waals surface area contributed by atoms with Gasteiger partial charge < -0.3 is 4.98 Å². The molecule has 0 aliphatic rings. The number of halogens is 1. The van der Waals surface area contributed by atoms with Crippen LogP contribution in [0.15, 0.2) is 18.5 Å². The Labute approximate surface area is 71.0 Å². The second-order valence-corrected chi connectivity index (χ2v) is 3.09. The maximum atomic E-state index is 3.89. The minimum absolute atomic E-state index is 0.854. The molecule has 0 radical (unpaired) electrons. The van der Waals surface area contributed by atoms with Crippen LogP contribution >= 0.6 is 22.6 Å². The predicted octanol–water partition coefficient (Wildman–Crippen LogP) is 1.56. The molecular weight excluding hydrogens is 241 g/mol.